The predicted octanol–water partition coefficient (Wildman–Crippen LogP) is 3.24. The van der Waals surface area contributed by atoms with Crippen molar-refractivity contribution in [3.8, 4) is 10.4 Å². The number of H-pyrrole nitrogens is 1. The van der Waals surface area contributed by atoms with E-state index >= 15 is 0 Å². The average molecular weight is 353 g/mol. The number of nitrogens with one attached hydrogen (secondary N) is 1. The molecular formula is C19H19N3O2S. The fourth-order valence-electron chi connectivity index (χ4n) is 3.14. The molecule has 0 amide bonds. The summed E-state index contributed by atoms with van der Waals surface area (Å²) < 4.78 is 1.25. The minimum Gasteiger partial charge on any atom is -0.395 e. The van der Waals surface area contributed by atoms with Crippen LogP contribution in [0, 0.1) is 0 Å². The minimum atomic E-state index is 0.0433. The van der Waals surface area contributed by atoms with Crippen molar-refractivity contribution in [2.75, 3.05) is 31.2 Å². The fraction of sp³-hybridized carbons (Fsp3) is 0.211. The Morgan fingerprint density at radius 1 is 1.00 bits per heavy atom. The van der Waals surface area contributed by atoms with E-state index in [1.54, 1.807) is 11.3 Å². The maximum Gasteiger partial charge on any atom is 0.0738 e. The van der Waals surface area contributed by atoms with E-state index in [1.165, 1.54) is 15.0 Å². The van der Waals surface area contributed by atoms with Crippen LogP contribution in [0.5, 0.6) is 0 Å². The Hall–Kier alpha value is -2.41. The molecular weight excluding hydrogens is 334 g/mol. The van der Waals surface area contributed by atoms with Gasteiger partial charge < -0.3 is 15.1 Å². The van der Waals surface area contributed by atoms with Crippen molar-refractivity contribution in [1.82, 2.24) is 10.2 Å². The summed E-state index contributed by atoms with van der Waals surface area (Å²) in [7, 11) is 0. The Morgan fingerprint density at radius 2 is 1.80 bits per heavy atom. The number of anilines is 1. The molecule has 2 heterocycles. The molecule has 4 rings (SSSR count). The maximum atomic E-state index is 9.34. The molecule has 3 N–H and O–H groups in total. The first kappa shape index (κ1) is 16.1. The van der Waals surface area contributed by atoms with Gasteiger partial charge in [0.1, 0.15) is 0 Å². The molecule has 0 radical (unpaired) electrons. The van der Waals surface area contributed by atoms with Gasteiger partial charge in [0.25, 0.3) is 0 Å². The topological polar surface area (TPSA) is 72.4 Å². The highest BCUT2D eigenvalue weighted by Gasteiger charge is 2.14. The average Bonchev–Trinajstić information content (AvgIpc) is 3.27. The lowest BCUT2D eigenvalue weighted by Gasteiger charge is -2.23. The number of fused-ring (bicyclic) bond motifs is 2. The highest BCUT2D eigenvalue weighted by Crippen LogP contribution is 2.38. The van der Waals surface area contributed by atoms with E-state index in [9.17, 15) is 10.2 Å². The van der Waals surface area contributed by atoms with Gasteiger partial charge >= 0.3 is 0 Å². The third kappa shape index (κ3) is 3.00. The van der Waals surface area contributed by atoms with Gasteiger partial charge in [-0.05, 0) is 29.7 Å². The van der Waals surface area contributed by atoms with Crippen LogP contribution in [0.2, 0.25) is 0 Å². The number of rotatable bonds is 6. The van der Waals surface area contributed by atoms with E-state index in [1.807, 2.05) is 23.2 Å². The fourth-order valence-corrected chi connectivity index (χ4v) is 4.23. The van der Waals surface area contributed by atoms with Crippen molar-refractivity contribution < 1.29 is 10.2 Å². The monoisotopic (exact) mass is 353 g/mol. The van der Waals surface area contributed by atoms with Gasteiger partial charge in [0.15, 0.2) is 0 Å². The molecule has 0 fully saturated rings. The number of benzene rings is 2. The SMILES string of the molecule is OCCN(CCO)c1cc(-c2cc3ccccc3s2)c2[nH]ncc2c1. The zero-order chi connectivity index (χ0) is 17.2. The third-order valence-corrected chi connectivity index (χ3v) is 5.48. The van der Waals surface area contributed by atoms with Gasteiger partial charge in [0, 0.05) is 39.3 Å². The summed E-state index contributed by atoms with van der Waals surface area (Å²) >= 11 is 1.75. The first-order chi connectivity index (χ1) is 12.3. The zero-order valence-corrected chi connectivity index (χ0v) is 14.5. The molecule has 0 bridgehead atoms. The highest BCUT2D eigenvalue weighted by molar-refractivity contribution is 7.22. The number of aliphatic hydroxyl groups excluding tert-OH is 2. The summed E-state index contributed by atoms with van der Waals surface area (Å²) in [4.78, 5) is 3.16. The third-order valence-electron chi connectivity index (χ3n) is 4.33. The summed E-state index contributed by atoms with van der Waals surface area (Å²) in [6.07, 6.45) is 1.81. The Balaban J connectivity index is 1.88. The molecule has 0 atom stereocenters. The molecule has 0 aliphatic rings. The Kier molecular flexibility index (Phi) is 4.40. The molecule has 2 aromatic carbocycles. The van der Waals surface area contributed by atoms with Gasteiger partial charge in [0.05, 0.1) is 24.9 Å². The van der Waals surface area contributed by atoms with Crippen molar-refractivity contribution in [3.63, 3.8) is 0 Å². The molecule has 0 spiro atoms. The van der Waals surface area contributed by atoms with Gasteiger partial charge in [-0.3, -0.25) is 5.10 Å². The van der Waals surface area contributed by atoms with Crippen LogP contribution in [-0.2, 0) is 0 Å². The van der Waals surface area contributed by atoms with Crippen LogP contribution >= 0.6 is 11.3 Å². The van der Waals surface area contributed by atoms with Crippen molar-refractivity contribution in [1.29, 1.82) is 0 Å². The Labute approximate surface area is 149 Å². The molecule has 0 aliphatic heterocycles. The van der Waals surface area contributed by atoms with Crippen molar-refractivity contribution in [3.05, 3.63) is 48.7 Å². The van der Waals surface area contributed by atoms with Crippen LogP contribution in [0.3, 0.4) is 0 Å². The standard InChI is InChI=1S/C19H19N3O2S/c23-7-5-22(6-8-24)15-9-14-12-20-21-19(14)16(11-15)18-10-13-3-1-2-4-17(13)25-18/h1-4,9-12,23-24H,5-8H2,(H,20,21). The van der Waals surface area contributed by atoms with Crippen LogP contribution in [0.25, 0.3) is 31.4 Å². The molecule has 0 unspecified atom stereocenters. The van der Waals surface area contributed by atoms with Gasteiger partial charge in [-0.15, -0.1) is 11.3 Å². The summed E-state index contributed by atoms with van der Waals surface area (Å²) in [5.41, 5.74) is 3.07. The summed E-state index contributed by atoms with van der Waals surface area (Å²) in [6.45, 7) is 1.05. The van der Waals surface area contributed by atoms with Crippen LogP contribution < -0.4 is 4.90 Å². The van der Waals surface area contributed by atoms with Gasteiger partial charge in [-0.2, -0.15) is 5.10 Å². The first-order valence-corrected chi connectivity index (χ1v) is 9.04. The quantitative estimate of drug-likeness (QED) is 0.498. The number of hydrogen-bond donors (Lipinski definition) is 3. The molecule has 0 aliphatic carbocycles. The largest absolute Gasteiger partial charge is 0.395 e. The second kappa shape index (κ2) is 6.84. The van der Waals surface area contributed by atoms with Gasteiger partial charge in [-0.1, -0.05) is 18.2 Å². The maximum absolute atomic E-state index is 9.34. The van der Waals surface area contributed by atoms with Crippen LogP contribution in [0.1, 0.15) is 0 Å². The predicted molar refractivity (Wildman–Crippen MR) is 103 cm³/mol. The van der Waals surface area contributed by atoms with Crippen LogP contribution in [0.4, 0.5) is 5.69 Å². The summed E-state index contributed by atoms with van der Waals surface area (Å²) in [5, 5.41) is 28.2. The van der Waals surface area contributed by atoms with Crippen LogP contribution in [0.15, 0.2) is 48.7 Å². The number of aromatic amines is 1. The van der Waals surface area contributed by atoms with Gasteiger partial charge in [0.2, 0.25) is 0 Å². The second-order valence-corrected chi connectivity index (χ2v) is 6.99. The molecule has 6 heteroatoms. The smallest absolute Gasteiger partial charge is 0.0738 e. The lowest BCUT2D eigenvalue weighted by molar-refractivity contribution is 0.281. The second-order valence-electron chi connectivity index (χ2n) is 5.91. The molecule has 128 valence electrons. The van der Waals surface area contributed by atoms with Crippen molar-refractivity contribution >= 4 is 38.0 Å². The summed E-state index contributed by atoms with van der Waals surface area (Å²) in [5.74, 6) is 0. The molecule has 2 aromatic heterocycles. The molecule has 5 nitrogen and oxygen atoms in total. The first-order valence-electron chi connectivity index (χ1n) is 8.23. The lowest BCUT2D eigenvalue weighted by Crippen LogP contribution is -2.29. The molecule has 0 saturated heterocycles. The molecule has 0 saturated carbocycles. The Morgan fingerprint density at radius 3 is 2.56 bits per heavy atom. The van der Waals surface area contributed by atoms with E-state index in [-0.39, 0.29) is 13.2 Å². The van der Waals surface area contributed by atoms with E-state index < -0.39 is 0 Å². The van der Waals surface area contributed by atoms with Crippen molar-refractivity contribution in [2.24, 2.45) is 0 Å². The summed E-state index contributed by atoms with van der Waals surface area (Å²) in [6, 6.07) is 14.7. The number of thiophene rings is 1. The van der Waals surface area contributed by atoms with Crippen LogP contribution in [-0.4, -0.2) is 46.7 Å². The van der Waals surface area contributed by atoms with E-state index in [2.05, 4.69) is 40.5 Å². The normalized spacial score (nSPS) is 11.4. The molecule has 4 aromatic rings. The zero-order valence-electron chi connectivity index (χ0n) is 13.6. The minimum absolute atomic E-state index is 0.0433. The van der Waals surface area contributed by atoms with E-state index in [0.29, 0.717) is 13.1 Å². The number of nitrogens with zero attached hydrogens (tertiary/aromatic N) is 2. The molecule has 25 heavy (non-hydrogen) atoms. The Bertz CT molecular complexity index is 969. The number of aliphatic hydroxyl groups is 2. The van der Waals surface area contributed by atoms with E-state index in [4.69, 9.17) is 0 Å². The number of hydrogen-bond acceptors (Lipinski definition) is 5. The van der Waals surface area contributed by atoms with E-state index in [0.717, 1.165) is 22.2 Å². The highest BCUT2D eigenvalue weighted by atomic mass is 32.1. The lowest BCUT2D eigenvalue weighted by atomic mass is 10.1. The van der Waals surface area contributed by atoms with Crippen molar-refractivity contribution in [2.45, 2.75) is 0 Å². The van der Waals surface area contributed by atoms with Gasteiger partial charge in [-0.25, -0.2) is 0 Å². The number of aromatic nitrogens is 2.